The second-order valence-electron chi connectivity index (χ2n) is 7.44. The molecule has 0 unspecified atom stereocenters. The maximum atomic E-state index is 12.2. The summed E-state index contributed by atoms with van der Waals surface area (Å²) in [5, 5.41) is 3.52. The second-order valence-corrected chi connectivity index (χ2v) is 8.52. The third kappa shape index (κ3) is 7.25. The molecule has 1 aromatic heterocycles. The van der Waals surface area contributed by atoms with Crippen LogP contribution in [0.1, 0.15) is 72.3 Å². The highest BCUT2D eigenvalue weighted by molar-refractivity contribution is 7.15. The average molecular weight is 415 g/mol. The first-order valence-electron chi connectivity index (χ1n) is 10.6. The molecule has 6 nitrogen and oxygen atoms in total. The number of nitrogens with zero attached hydrogens (tertiary/aromatic N) is 1. The van der Waals surface area contributed by atoms with Crippen molar-refractivity contribution in [2.45, 2.75) is 64.2 Å². The molecule has 3 N–H and O–H groups in total. The lowest BCUT2D eigenvalue weighted by molar-refractivity contribution is -0.115. The van der Waals surface area contributed by atoms with E-state index >= 15 is 0 Å². The van der Waals surface area contributed by atoms with Crippen LogP contribution in [0.4, 0.5) is 5.13 Å². The molecule has 2 aromatic rings. The summed E-state index contributed by atoms with van der Waals surface area (Å²) in [6.45, 7) is -0.0111. The van der Waals surface area contributed by atoms with Gasteiger partial charge in [0.2, 0.25) is 5.91 Å². The van der Waals surface area contributed by atoms with Gasteiger partial charge in [0, 0.05) is 10.4 Å². The molecule has 7 heteroatoms. The predicted molar refractivity (Wildman–Crippen MR) is 117 cm³/mol. The third-order valence-electron chi connectivity index (χ3n) is 5.08. The van der Waals surface area contributed by atoms with Gasteiger partial charge in [-0.1, -0.05) is 56.7 Å². The SMILES string of the molecule is O=C(CNNC(=O)c1ccccc1)Nc1nc2c(s1)CCCCCCCCCC2. The quantitative estimate of drug-likeness (QED) is 0.639. The summed E-state index contributed by atoms with van der Waals surface area (Å²) >= 11 is 1.59. The second kappa shape index (κ2) is 11.7. The van der Waals surface area contributed by atoms with Crippen LogP contribution in [0.2, 0.25) is 0 Å². The highest BCUT2D eigenvalue weighted by atomic mass is 32.1. The molecule has 1 aliphatic rings. The molecule has 3 rings (SSSR count). The van der Waals surface area contributed by atoms with Crippen molar-refractivity contribution in [3.63, 3.8) is 0 Å². The number of amides is 2. The largest absolute Gasteiger partial charge is 0.301 e. The molecular weight excluding hydrogens is 384 g/mol. The maximum Gasteiger partial charge on any atom is 0.265 e. The summed E-state index contributed by atoms with van der Waals surface area (Å²) < 4.78 is 0. The number of carbonyl (C=O) groups excluding carboxylic acids is 2. The molecule has 1 aliphatic carbocycles. The van der Waals surface area contributed by atoms with Crippen LogP contribution in [0, 0.1) is 0 Å². The number of thiazole rings is 1. The molecule has 0 aliphatic heterocycles. The average Bonchev–Trinajstić information content (AvgIpc) is 3.09. The van der Waals surface area contributed by atoms with Gasteiger partial charge in [0.1, 0.15) is 0 Å². The number of hydrogen-bond acceptors (Lipinski definition) is 5. The van der Waals surface area contributed by atoms with E-state index in [0.29, 0.717) is 10.7 Å². The zero-order valence-corrected chi connectivity index (χ0v) is 17.7. The summed E-state index contributed by atoms with van der Waals surface area (Å²) in [6, 6.07) is 8.88. The van der Waals surface area contributed by atoms with Gasteiger partial charge in [0.05, 0.1) is 12.2 Å². The zero-order valence-electron chi connectivity index (χ0n) is 16.8. The Labute approximate surface area is 176 Å². The Bertz CT molecular complexity index is 762. The van der Waals surface area contributed by atoms with Crippen LogP contribution < -0.4 is 16.2 Å². The minimum absolute atomic E-state index is 0.0111. The first-order chi connectivity index (χ1) is 14.2. The molecule has 0 fully saturated rings. The number of aromatic nitrogens is 1. The molecule has 0 atom stereocenters. The zero-order chi connectivity index (χ0) is 20.3. The molecule has 0 bridgehead atoms. The van der Waals surface area contributed by atoms with Crippen LogP contribution in [0.25, 0.3) is 0 Å². The topological polar surface area (TPSA) is 83.1 Å². The molecular formula is C22H30N4O2S. The summed E-state index contributed by atoms with van der Waals surface area (Å²) in [4.78, 5) is 30.2. The minimum Gasteiger partial charge on any atom is -0.301 e. The van der Waals surface area contributed by atoms with Gasteiger partial charge < -0.3 is 5.32 Å². The van der Waals surface area contributed by atoms with Crippen LogP contribution in [-0.4, -0.2) is 23.3 Å². The van der Waals surface area contributed by atoms with Gasteiger partial charge in [-0.2, -0.15) is 0 Å². The number of nitrogens with one attached hydrogen (secondary N) is 3. The van der Waals surface area contributed by atoms with Gasteiger partial charge in [-0.3, -0.25) is 15.0 Å². The van der Waals surface area contributed by atoms with Gasteiger partial charge >= 0.3 is 0 Å². The number of benzene rings is 1. The van der Waals surface area contributed by atoms with Gasteiger partial charge in [-0.05, 0) is 37.8 Å². The van der Waals surface area contributed by atoms with E-state index < -0.39 is 0 Å². The number of hydrogen-bond donors (Lipinski definition) is 3. The van der Waals surface area contributed by atoms with Crippen molar-refractivity contribution < 1.29 is 9.59 Å². The molecule has 1 heterocycles. The summed E-state index contributed by atoms with van der Waals surface area (Å²) in [5.41, 5.74) is 6.91. The Morgan fingerprint density at radius 1 is 0.897 bits per heavy atom. The van der Waals surface area contributed by atoms with Crippen molar-refractivity contribution in [3.8, 4) is 0 Å². The van der Waals surface area contributed by atoms with Crippen LogP contribution in [-0.2, 0) is 17.6 Å². The van der Waals surface area contributed by atoms with Gasteiger partial charge in [0.25, 0.3) is 5.91 Å². The monoisotopic (exact) mass is 414 g/mol. The van der Waals surface area contributed by atoms with Crippen molar-refractivity contribution in [2.24, 2.45) is 0 Å². The molecule has 0 radical (unpaired) electrons. The molecule has 0 saturated carbocycles. The van der Waals surface area contributed by atoms with E-state index in [0.717, 1.165) is 25.0 Å². The summed E-state index contributed by atoms with van der Waals surface area (Å²) in [7, 11) is 0. The number of anilines is 1. The number of carbonyl (C=O) groups is 2. The molecule has 2 amide bonds. The van der Waals surface area contributed by atoms with Crippen molar-refractivity contribution in [1.29, 1.82) is 0 Å². The predicted octanol–water partition coefficient (Wildman–Crippen LogP) is 4.24. The lowest BCUT2D eigenvalue weighted by Gasteiger charge is -2.06. The number of aryl methyl sites for hydroxylation is 2. The fourth-order valence-electron chi connectivity index (χ4n) is 3.50. The van der Waals surface area contributed by atoms with Crippen LogP contribution >= 0.6 is 11.3 Å². The van der Waals surface area contributed by atoms with E-state index in [1.807, 2.05) is 6.07 Å². The molecule has 1 aromatic carbocycles. The Morgan fingerprint density at radius 2 is 1.55 bits per heavy atom. The smallest absolute Gasteiger partial charge is 0.265 e. The van der Waals surface area contributed by atoms with Crippen LogP contribution in [0.15, 0.2) is 30.3 Å². The van der Waals surface area contributed by atoms with Gasteiger partial charge in [-0.25, -0.2) is 10.4 Å². The molecule has 156 valence electrons. The molecule has 0 spiro atoms. The standard InChI is InChI=1S/C22H30N4O2S/c27-20(16-23-26-21(28)17-12-8-7-9-13-17)25-22-24-18-14-10-5-3-1-2-4-6-11-15-19(18)29-22/h7-9,12-13,23H,1-6,10-11,14-16H2,(H,26,28)(H,24,25,27). The lowest BCUT2D eigenvalue weighted by atomic mass is 10.0. The highest BCUT2D eigenvalue weighted by Gasteiger charge is 2.14. The maximum absolute atomic E-state index is 12.2. The Balaban J connectivity index is 1.48. The Kier molecular flexibility index (Phi) is 8.64. The Morgan fingerprint density at radius 3 is 2.28 bits per heavy atom. The Hall–Kier alpha value is -2.25. The van der Waals surface area contributed by atoms with E-state index in [1.54, 1.807) is 35.6 Å². The van der Waals surface area contributed by atoms with E-state index in [9.17, 15) is 9.59 Å². The van der Waals surface area contributed by atoms with Crippen molar-refractivity contribution >= 4 is 28.3 Å². The van der Waals surface area contributed by atoms with Gasteiger partial charge in [-0.15, -0.1) is 11.3 Å². The third-order valence-corrected chi connectivity index (χ3v) is 6.15. The van der Waals surface area contributed by atoms with Crippen molar-refractivity contribution in [1.82, 2.24) is 15.8 Å². The van der Waals surface area contributed by atoms with E-state index in [2.05, 4.69) is 21.2 Å². The summed E-state index contributed by atoms with van der Waals surface area (Å²) in [6.07, 6.45) is 12.2. The summed E-state index contributed by atoms with van der Waals surface area (Å²) in [5.74, 6) is -0.488. The van der Waals surface area contributed by atoms with Crippen LogP contribution in [0.5, 0.6) is 0 Å². The first kappa shape index (κ1) is 21.5. The van der Waals surface area contributed by atoms with Crippen LogP contribution in [0.3, 0.4) is 0 Å². The number of rotatable bonds is 5. The number of hydrazine groups is 1. The van der Waals surface area contributed by atoms with E-state index in [4.69, 9.17) is 0 Å². The van der Waals surface area contributed by atoms with Gasteiger partial charge in [0.15, 0.2) is 5.13 Å². The van der Waals surface area contributed by atoms with E-state index in [1.165, 1.54) is 49.8 Å². The number of fused-ring (bicyclic) bond motifs is 1. The highest BCUT2D eigenvalue weighted by Crippen LogP contribution is 2.27. The first-order valence-corrected chi connectivity index (χ1v) is 11.4. The molecule has 29 heavy (non-hydrogen) atoms. The lowest BCUT2D eigenvalue weighted by Crippen LogP contribution is -2.42. The normalized spacial score (nSPS) is 15.4. The van der Waals surface area contributed by atoms with E-state index in [-0.39, 0.29) is 18.4 Å². The fourth-order valence-corrected chi connectivity index (χ4v) is 4.56. The minimum atomic E-state index is -0.269. The van der Waals surface area contributed by atoms with Crippen molar-refractivity contribution in [2.75, 3.05) is 11.9 Å². The van der Waals surface area contributed by atoms with Crippen molar-refractivity contribution in [3.05, 3.63) is 46.5 Å². The molecule has 0 saturated heterocycles. The fraction of sp³-hybridized carbons (Fsp3) is 0.500.